The molecule has 1 N–H and O–H groups in total. The van der Waals surface area contributed by atoms with Crippen LogP contribution in [0.4, 0.5) is 0 Å². The second-order valence-corrected chi connectivity index (χ2v) is 6.04. The van der Waals surface area contributed by atoms with E-state index in [1.807, 2.05) is 30.3 Å². The number of amides is 2. The first kappa shape index (κ1) is 15.0. The predicted octanol–water partition coefficient (Wildman–Crippen LogP) is 1.33. The highest BCUT2D eigenvalue weighted by atomic mass is 16.5. The van der Waals surface area contributed by atoms with Crippen LogP contribution < -0.4 is 5.32 Å². The maximum atomic E-state index is 12.2. The van der Waals surface area contributed by atoms with Crippen LogP contribution in [0.3, 0.4) is 0 Å². The van der Waals surface area contributed by atoms with Gasteiger partial charge in [0, 0.05) is 32.7 Å². The Kier molecular flexibility index (Phi) is 4.73. The molecule has 2 heterocycles. The minimum absolute atomic E-state index is 0.0283. The van der Waals surface area contributed by atoms with Crippen molar-refractivity contribution in [2.75, 3.05) is 19.7 Å². The van der Waals surface area contributed by atoms with Gasteiger partial charge in [-0.1, -0.05) is 30.3 Å². The molecule has 0 aromatic heterocycles. The SMILES string of the molecule is O=C(NC[C@@H]1CCCO1)[C@H]1CC(=O)N(Cc2ccccc2)C1. The molecule has 0 bridgehead atoms. The average molecular weight is 302 g/mol. The summed E-state index contributed by atoms with van der Waals surface area (Å²) in [5.41, 5.74) is 1.09. The Morgan fingerprint density at radius 2 is 2.14 bits per heavy atom. The van der Waals surface area contributed by atoms with Crippen LogP contribution >= 0.6 is 0 Å². The molecular weight excluding hydrogens is 280 g/mol. The van der Waals surface area contributed by atoms with E-state index in [9.17, 15) is 9.59 Å². The quantitative estimate of drug-likeness (QED) is 0.893. The number of nitrogens with zero attached hydrogens (tertiary/aromatic N) is 1. The third-order valence-corrected chi connectivity index (χ3v) is 4.33. The normalized spacial score (nSPS) is 24.7. The van der Waals surface area contributed by atoms with Crippen LogP contribution in [-0.4, -0.2) is 42.5 Å². The maximum absolute atomic E-state index is 12.2. The number of hydrogen-bond donors (Lipinski definition) is 1. The van der Waals surface area contributed by atoms with Gasteiger partial charge in [0.2, 0.25) is 11.8 Å². The highest BCUT2D eigenvalue weighted by Crippen LogP contribution is 2.20. The van der Waals surface area contributed by atoms with Crippen LogP contribution in [0.1, 0.15) is 24.8 Å². The molecule has 2 aliphatic rings. The van der Waals surface area contributed by atoms with Crippen LogP contribution in [-0.2, 0) is 20.9 Å². The molecular formula is C17H22N2O3. The highest BCUT2D eigenvalue weighted by Gasteiger charge is 2.34. The van der Waals surface area contributed by atoms with E-state index in [1.54, 1.807) is 4.90 Å². The van der Waals surface area contributed by atoms with Crippen LogP contribution in [0.5, 0.6) is 0 Å². The van der Waals surface area contributed by atoms with Gasteiger partial charge >= 0.3 is 0 Å². The van der Waals surface area contributed by atoms with Crippen molar-refractivity contribution in [3.63, 3.8) is 0 Å². The van der Waals surface area contributed by atoms with Crippen LogP contribution in [0, 0.1) is 5.92 Å². The van der Waals surface area contributed by atoms with Crippen LogP contribution in [0.15, 0.2) is 30.3 Å². The third-order valence-electron chi connectivity index (χ3n) is 4.33. The zero-order valence-corrected chi connectivity index (χ0v) is 12.7. The summed E-state index contributed by atoms with van der Waals surface area (Å²) in [5.74, 6) is -0.210. The second kappa shape index (κ2) is 6.92. The Balaban J connectivity index is 1.49. The molecule has 0 aliphatic carbocycles. The zero-order chi connectivity index (χ0) is 15.4. The number of rotatable bonds is 5. The molecule has 1 aromatic rings. The lowest BCUT2D eigenvalue weighted by Gasteiger charge is -2.17. The van der Waals surface area contributed by atoms with Crippen LogP contribution in [0.25, 0.3) is 0 Å². The van der Waals surface area contributed by atoms with Crippen molar-refractivity contribution in [1.29, 1.82) is 0 Å². The molecule has 2 amide bonds. The van der Waals surface area contributed by atoms with Crippen molar-refractivity contribution >= 4 is 11.8 Å². The minimum Gasteiger partial charge on any atom is -0.376 e. The first-order chi connectivity index (χ1) is 10.7. The lowest BCUT2D eigenvalue weighted by Crippen LogP contribution is -2.37. The summed E-state index contributed by atoms with van der Waals surface area (Å²) >= 11 is 0. The lowest BCUT2D eigenvalue weighted by atomic mass is 10.1. The summed E-state index contributed by atoms with van der Waals surface area (Å²) in [6.07, 6.45) is 2.52. The van der Waals surface area contributed by atoms with Gasteiger partial charge in [-0.05, 0) is 18.4 Å². The van der Waals surface area contributed by atoms with E-state index in [2.05, 4.69) is 5.32 Å². The van der Waals surface area contributed by atoms with Gasteiger partial charge in [-0.15, -0.1) is 0 Å². The number of carbonyl (C=O) groups is 2. The molecule has 2 atom stereocenters. The molecule has 118 valence electrons. The number of hydrogen-bond acceptors (Lipinski definition) is 3. The number of benzene rings is 1. The number of carbonyl (C=O) groups excluding carboxylic acids is 2. The Morgan fingerprint density at radius 1 is 1.32 bits per heavy atom. The largest absolute Gasteiger partial charge is 0.376 e. The summed E-state index contributed by atoms with van der Waals surface area (Å²) in [7, 11) is 0. The molecule has 5 nitrogen and oxygen atoms in total. The predicted molar refractivity (Wildman–Crippen MR) is 81.9 cm³/mol. The molecule has 0 saturated carbocycles. The molecule has 22 heavy (non-hydrogen) atoms. The summed E-state index contributed by atoms with van der Waals surface area (Å²) in [6.45, 7) is 2.43. The lowest BCUT2D eigenvalue weighted by molar-refractivity contribution is -0.129. The van der Waals surface area contributed by atoms with Crippen LogP contribution in [0.2, 0.25) is 0 Å². The van der Waals surface area contributed by atoms with Crippen molar-refractivity contribution < 1.29 is 14.3 Å². The highest BCUT2D eigenvalue weighted by molar-refractivity contribution is 5.89. The number of ether oxygens (including phenoxy) is 1. The van der Waals surface area contributed by atoms with Gasteiger partial charge < -0.3 is 15.0 Å². The van der Waals surface area contributed by atoms with Crippen molar-refractivity contribution in [3.05, 3.63) is 35.9 Å². The van der Waals surface area contributed by atoms with Gasteiger partial charge in [0.1, 0.15) is 0 Å². The Hall–Kier alpha value is -1.88. The van der Waals surface area contributed by atoms with Crippen molar-refractivity contribution in [1.82, 2.24) is 10.2 Å². The van der Waals surface area contributed by atoms with Crippen molar-refractivity contribution in [2.45, 2.75) is 31.9 Å². The van der Waals surface area contributed by atoms with Gasteiger partial charge in [-0.25, -0.2) is 0 Å². The van der Waals surface area contributed by atoms with E-state index < -0.39 is 0 Å². The van der Waals surface area contributed by atoms with Gasteiger partial charge in [0.05, 0.1) is 12.0 Å². The fraction of sp³-hybridized carbons (Fsp3) is 0.529. The van der Waals surface area contributed by atoms with E-state index in [4.69, 9.17) is 4.74 Å². The fourth-order valence-corrected chi connectivity index (χ4v) is 3.07. The first-order valence-electron chi connectivity index (χ1n) is 7.93. The number of likely N-dealkylation sites (tertiary alicyclic amines) is 1. The van der Waals surface area contributed by atoms with E-state index >= 15 is 0 Å². The molecule has 0 unspecified atom stereocenters. The first-order valence-corrected chi connectivity index (χ1v) is 7.93. The molecule has 1 aromatic carbocycles. The molecule has 0 radical (unpaired) electrons. The Bertz CT molecular complexity index is 526. The second-order valence-electron chi connectivity index (χ2n) is 6.04. The topological polar surface area (TPSA) is 58.6 Å². The maximum Gasteiger partial charge on any atom is 0.225 e. The molecule has 5 heteroatoms. The summed E-state index contributed by atoms with van der Waals surface area (Å²) < 4.78 is 5.50. The van der Waals surface area contributed by atoms with Crippen molar-refractivity contribution in [2.24, 2.45) is 5.92 Å². The van der Waals surface area contributed by atoms with Gasteiger partial charge in [0.15, 0.2) is 0 Å². The standard InChI is InChI=1S/C17H22N2O3/c20-16-9-14(17(21)18-10-15-7-4-8-22-15)12-19(16)11-13-5-2-1-3-6-13/h1-3,5-6,14-15H,4,7-12H2,(H,18,21)/t14-,15-/m0/s1. The smallest absolute Gasteiger partial charge is 0.225 e. The third kappa shape index (κ3) is 3.65. The molecule has 0 spiro atoms. The molecule has 2 fully saturated rings. The molecule has 2 aliphatic heterocycles. The Labute approximate surface area is 130 Å². The van der Waals surface area contributed by atoms with Gasteiger partial charge in [0.25, 0.3) is 0 Å². The number of nitrogens with one attached hydrogen (secondary N) is 1. The molecule has 2 saturated heterocycles. The monoisotopic (exact) mass is 302 g/mol. The summed E-state index contributed by atoms with van der Waals surface area (Å²) in [4.78, 5) is 26.0. The summed E-state index contributed by atoms with van der Waals surface area (Å²) in [5, 5.41) is 2.93. The minimum atomic E-state index is -0.238. The van der Waals surface area contributed by atoms with Gasteiger partial charge in [-0.2, -0.15) is 0 Å². The van der Waals surface area contributed by atoms with Crippen molar-refractivity contribution in [3.8, 4) is 0 Å². The van der Waals surface area contributed by atoms with E-state index in [0.29, 0.717) is 26.1 Å². The van der Waals surface area contributed by atoms with E-state index in [0.717, 1.165) is 25.0 Å². The van der Waals surface area contributed by atoms with E-state index in [1.165, 1.54) is 0 Å². The summed E-state index contributed by atoms with van der Waals surface area (Å²) in [6, 6.07) is 9.87. The van der Waals surface area contributed by atoms with E-state index in [-0.39, 0.29) is 23.8 Å². The average Bonchev–Trinajstić information content (AvgIpc) is 3.16. The molecule has 3 rings (SSSR count). The zero-order valence-electron chi connectivity index (χ0n) is 12.7. The Morgan fingerprint density at radius 3 is 2.86 bits per heavy atom. The fourth-order valence-electron chi connectivity index (χ4n) is 3.07. The van der Waals surface area contributed by atoms with Gasteiger partial charge in [-0.3, -0.25) is 9.59 Å².